The molecule has 0 aliphatic heterocycles. The zero-order chi connectivity index (χ0) is 14.2. The van der Waals surface area contributed by atoms with Crippen molar-refractivity contribution >= 4 is 27.5 Å². The summed E-state index contributed by atoms with van der Waals surface area (Å²) in [5.41, 5.74) is 1.11. The average molecular weight is 350 g/mol. The Kier molecular flexibility index (Phi) is 4.21. The molecule has 0 saturated heterocycles. The lowest BCUT2D eigenvalue weighted by Crippen LogP contribution is -2.00. The minimum absolute atomic E-state index is 0.184. The Balaban J connectivity index is 2.49. The van der Waals surface area contributed by atoms with Gasteiger partial charge < -0.3 is 0 Å². The third-order valence-corrected chi connectivity index (χ3v) is 4.10. The van der Waals surface area contributed by atoms with Gasteiger partial charge in [0.25, 0.3) is 0 Å². The van der Waals surface area contributed by atoms with Gasteiger partial charge in [0.1, 0.15) is 17.5 Å². The van der Waals surface area contributed by atoms with Crippen LogP contribution in [0.4, 0.5) is 13.2 Å². The van der Waals surface area contributed by atoms with Gasteiger partial charge in [0.2, 0.25) is 0 Å². The zero-order valence-electron chi connectivity index (χ0n) is 9.85. The predicted molar refractivity (Wildman–Crippen MR) is 73.3 cm³/mol. The van der Waals surface area contributed by atoms with E-state index in [4.69, 9.17) is 11.6 Å². The van der Waals surface area contributed by atoms with Crippen LogP contribution in [0.2, 0.25) is 5.02 Å². The molecular weight excluding hydrogens is 341 g/mol. The Morgan fingerprint density at radius 3 is 2.32 bits per heavy atom. The van der Waals surface area contributed by atoms with E-state index in [9.17, 15) is 13.2 Å². The van der Waals surface area contributed by atoms with Crippen molar-refractivity contribution in [3.63, 3.8) is 0 Å². The Labute approximate surface area is 122 Å². The van der Waals surface area contributed by atoms with Crippen LogP contribution < -0.4 is 0 Å². The van der Waals surface area contributed by atoms with Crippen LogP contribution in [0.3, 0.4) is 0 Å². The monoisotopic (exact) mass is 348 g/mol. The van der Waals surface area contributed by atoms with Crippen molar-refractivity contribution in [1.82, 2.24) is 0 Å². The molecule has 0 aliphatic carbocycles. The molecule has 0 aromatic heterocycles. The van der Waals surface area contributed by atoms with E-state index in [1.807, 2.05) is 0 Å². The maximum absolute atomic E-state index is 13.8. The number of rotatable bonds is 2. The normalized spacial score (nSPS) is 12.5. The first-order valence-electron chi connectivity index (χ1n) is 5.44. The maximum Gasteiger partial charge on any atom is 0.130 e. The average Bonchev–Trinajstić information content (AvgIpc) is 2.33. The Morgan fingerprint density at radius 1 is 1.00 bits per heavy atom. The van der Waals surface area contributed by atoms with Gasteiger partial charge >= 0.3 is 0 Å². The van der Waals surface area contributed by atoms with E-state index in [-0.39, 0.29) is 10.6 Å². The fourth-order valence-corrected chi connectivity index (χ4v) is 2.91. The van der Waals surface area contributed by atoms with Crippen molar-refractivity contribution in [2.75, 3.05) is 0 Å². The summed E-state index contributed by atoms with van der Waals surface area (Å²) < 4.78 is 40.0. The summed E-state index contributed by atoms with van der Waals surface area (Å²) in [4.78, 5) is -0.570. The molecule has 1 atom stereocenters. The Morgan fingerprint density at radius 2 is 1.68 bits per heavy atom. The zero-order valence-corrected chi connectivity index (χ0v) is 12.2. The van der Waals surface area contributed by atoms with Crippen LogP contribution in [0, 0.1) is 24.4 Å². The predicted octanol–water partition coefficient (Wildman–Crippen LogP) is 5.55. The molecular formula is C14H9BrClF3. The quantitative estimate of drug-likeness (QED) is 0.624. The smallest absolute Gasteiger partial charge is 0.130 e. The standard InChI is InChI=1S/C14H9BrClF3/c1-7-4-10(13(19)6-12(7)18)14(15)9-3-2-8(17)5-11(9)16/h2-6,14H,1H3. The number of alkyl halides is 1. The van der Waals surface area contributed by atoms with E-state index in [1.54, 1.807) is 6.92 Å². The van der Waals surface area contributed by atoms with Gasteiger partial charge in [-0.3, -0.25) is 0 Å². The molecule has 0 spiro atoms. The summed E-state index contributed by atoms with van der Waals surface area (Å²) in [6.07, 6.45) is 0. The van der Waals surface area contributed by atoms with Gasteiger partial charge in [-0.25, -0.2) is 13.2 Å². The van der Waals surface area contributed by atoms with Crippen molar-refractivity contribution < 1.29 is 13.2 Å². The van der Waals surface area contributed by atoms with Crippen molar-refractivity contribution in [2.45, 2.75) is 11.8 Å². The van der Waals surface area contributed by atoms with E-state index in [0.717, 1.165) is 12.1 Å². The van der Waals surface area contributed by atoms with Gasteiger partial charge in [-0.05, 0) is 36.2 Å². The van der Waals surface area contributed by atoms with Gasteiger partial charge in [-0.2, -0.15) is 0 Å². The molecule has 19 heavy (non-hydrogen) atoms. The molecule has 0 nitrogen and oxygen atoms in total. The minimum Gasteiger partial charge on any atom is -0.207 e. The van der Waals surface area contributed by atoms with Gasteiger partial charge in [-0.1, -0.05) is 33.6 Å². The highest BCUT2D eigenvalue weighted by molar-refractivity contribution is 9.09. The second-order valence-corrected chi connectivity index (χ2v) is 5.47. The molecule has 0 radical (unpaired) electrons. The summed E-state index contributed by atoms with van der Waals surface area (Å²) >= 11 is 9.24. The molecule has 5 heteroatoms. The highest BCUT2D eigenvalue weighted by atomic mass is 79.9. The SMILES string of the molecule is Cc1cc(C(Br)c2ccc(F)cc2Cl)c(F)cc1F. The van der Waals surface area contributed by atoms with E-state index >= 15 is 0 Å². The number of hydrogen-bond acceptors (Lipinski definition) is 0. The molecule has 0 fully saturated rings. The van der Waals surface area contributed by atoms with Crippen molar-refractivity contribution in [3.05, 3.63) is 69.5 Å². The van der Waals surface area contributed by atoms with Crippen LogP contribution in [0.15, 0.2) is 30.3 Å². The van der Waals surface area contributed by atoms with Crippen molar-refractivity contribution in [2.24, 2.45) is 0 Å². The molecule has 2 aromatic carbocycles. The van der Waals surface area contributed by atoms with Crippen LogP contribution in [0.1, 0.15) is 21.5 Å². The minimum atomic E-state index is -0.676. The first kappa shape index (κ1) is 14.4. The fraction of sp³-hybridized carbons (Fsp3) is 0.143. The molecule has 2 rings (SSSR count). The number of halogens is 5. The summed E-state index contributed by atoms with van der Waals surface area (Å²) in [7, 11) is 0. The first-order chi connectivity index (χ1) is 8.90. The fourth-order valence-electron chi connectivity index (χ4n) is 1.75. The third-order valence-electron chi connectivity index (χ3n) is 2.79. The molecule has 0 N–H and O–H groups in total. The molecule has 2 aromatic rings. The van der Waals surface area contributed by atoms with Gasteiger partial charge in [0.15, 0.2) is 0 Å². The lowest BCUT2D eigenvalue weighted by Gasteiger charge is -2.14. The Bertz CT molecular complexity index is 628. The molecule has 1 unspecified atom stereocenters. The molecule has 0 saturated carbocycles. The van der Waals surface area contributed by atoms with E-state index < -0.39 is 22.3 Å². The van der Waals surface area contributed by atoms with E-state index in [2.05, 4.69) is 15.9 Å². The van der Waals surface area contributed by atoms with Gasteiger partial charge in [-0.15, -0.1) is 0 Å². The van der Waals surface area contributed by atoms with Crippen molar-refractivity contribution in [3.8, 4) is 0 Å². The Hall–Kier alpha value is -1.00. The summed E-state index contributed by atoms with van der Waals surface area (Å²) in [5, 5.41) is 0.184. The second-order valence-electron chi connectivity index (χ2n) is 4.15. The van der Waals surface area contributed by atoms with Gasteiger partial charge in [0, 0.05) is 16.7 Å². The van der Waals surface area contributed by atoms with Crippen LogP contribution in [-0.2, 0) is 0 Å². The van der Waals surface area contributed by atoms with Crippen LogP contribution in [-0.4, -0.2) is 0 Å². The number of benzene rings is 2. The molecule has 0 bridgehead atoms. The first-order valence-corrected chi connectivity index (χ1v) is 6.74. The topological polar surface area (TPSA) is 0 Å². The maximum atomic E-state index is 13.8. The van der Waals surface area contributed by atoms with E-state index in [1.165, 1.54) is 18.2 Å². The summed E-state index contributed by atoms with van der Waals surface area (Å²) in [5.74, 6) is -1.75. The summed E-state index contributed by atoms with van der Waals surface area (Å²) in [6.45, 7) is 1.55. The summed E-state index contributed by atoms with van der Waals surface area (Å²) in [6, 6.07) is 6.10. The highest BCUT2D eigenvalue weighted by Crippen LogP contribution is 2.37. The van der Waals surface area contributed by atoms with Gasteiger partial charge in [0.05, 0.1) is 4.83 Å². The van der Waals surface area contributed by atoms with Crippen LogP contribution >= 0.6 is 27.5 Å². The van der Waals surface area contributed by atoms with Crippen LogP contribution in [0.25, 0.3) is 0 Å². The number of aryl methyl sites for hydroxylation is 1. The largest absolute Gasteiger partial charge is 0.207 e. The van der Waals surface area contributed by atoms with Crippen molar-refractivity contribution in [1.29, 1.82) is 0 Å². The molecule has 0 amide bonds. The lowest BCUT2D eigenvalue weighted by molar-refractivity contribution is 0.569. The van der Waals surface area contributed by atoms with E-state index in [0.29, 0.717) is 11.1 Å². The lowest BCUT2D eigenvalue weighted by atomic mass is 10.0. The molecule has 0 aliphatic rings. The molecule has 0 heterocycles. The number of hydrogen-bond donors (Lipinski definition) is 0. The third kappa shape index (κ3) is 2.95. The highest BCUT2D eigenvalue weighted by Gasteiger charge is 2.19. The van der Waals surface area contributed by atoms with Crippen LogP contribution in [0.5, 0.6) is 0 Å². The molecule has 100 valence electrons. The second kappa shape index (κ2) is 5.55.